The van der Waals surface area contributed by atoms with Crippen molar-refractivity contribution in [3.05, 3.63) is 59.9 Å². The van der Waals surface area contributed by atoms with Gasteiger partial charge in [-0.1, -0.05) is 19.4 Å². The molecule has 1 saturated heterocycles. The molecular formula is C21H30Cl2N4O. The molecule has 2 heterocycles. The predicted molar refractivity (Wildman–Crippen MR) is 120 cm³/mol. The van der Waals surface area contributed by atoms with Crippen LogP contribution in [0.3, 0.4) is 0 Å². The third-order valence-corrected chi connectivity index (χ3v) is 4.98. The van der Waals surface area contributed by atoms with E-state index < -0.39 is 0 Å². The number of rotatable bonds is 6. The van der Waals surface area contributed by atoms with Gasteiger partial charge in [0.15, 0.2) is 0 Å². The Morgan fingerprint density at radius 3 is 2.64 bits per heavy atom. The lowest BCUT2D eigenvalue weighted by Gasteiger charge is -2.36. The summed E-state index contributed by atoms with van der Waals surface area (Å²) in [6.45, 7) is 5.51. The second-order valence-corrected chi connectivity index (χ2v) is 6.83. The van der Waals surface area contributed by atoms with Gasteiger partial charge in [0.1, 0.15) is 0 Å². The number of hydrogen-bond donors (Lipinski definition) is 1. The SMILES string of the molecule is CCCCN(C)c1ccc(C(=O)N2CCNCC2c2cccnc2)cc1.Cl.Cl. The zero-order valence-corrected chi connectivity index (χ0v) is 18.1. The number of nitrogens with one attached hydrogen (secondary N) is 1. The van der Waals surface area contributed by atoms with Crippen molar-refractivity contribution in [2.24, 2.45) is 0 Å². The number of amides is 1. The molecule has 5 nitrogen and oxygen atoms in total. The van der Waals surface area contributed by atoms with E-state index in [1.165, 1.54) is 12.8 Å². The van der Waals surface area contributed by atoms with Crippen molar-refractivity contribution >= 4 is 36.4 Å². The fourth-order valence-electron chi connectivity index (χ4n) is 3.37. The summed E-state index contributed by atoms with van der Waals surface area (Å²) in [6, 6.07) is 12.0. The molecule has 3 rings (SSSR count). The van der Waals surface area contributed by atoms with Crippen LogP contribution in [0, 0.1) is 0 Å². The summed E-state index contributed by atoms with van der Waals surface area (Å²) in [5, 5.41) is 3.38. The lowest BCUT2D eigenvalue weighted by molar-refractivity contribution is 0.0634. The van der Waals surface area contributed by atoms with Gasteiger partial charge in [-0.25, -0.2) is 0 Å². The van der Waals surface area contributed by atoms with E-state index in [-0.39, 0.29) is 36.8 Å². The molecule has 1 aliphatic rings. The first-order valence-electron chi connectivity index (χ1n) is 9.43. The van der Waals surface area contributed by atoms with Gasteiger partial charge in [0, 0.05) is 56.9 Å². The van der Waals surface area contributed by atoms with Gasteiger partial charge in [0.25, 0.3) is 5.91 Å². The minimum absolute atomic E-state index is 0. The molecule has 1 aromatic heterocycles. The maximum Gasteiger partial charge on any atom is 0.254 e. The molecule has 1 aliphatic heterocycles. The molecule has 0 radical (unpaired) electrons. The number of hydrogen-bond acceptors (Lipinski definition) is 4. The summed E-state index contributed by atoms with van der Waals surface area (Å²) >= 11 is 0. The van der Waals surface area contributed by atoms with E-state index in [0.29, 0.717) is 6.54 Å². The highest BCUT2D eigenvalue weighted by Gasteiger charge is 2.28. The number of piperazine rings is 1. The summed E-state index contributed by atoms with van der Waals surface area (Å²) in [6.07, 6.45) is 5.97. The number of benzene rings is 1. The first-order chi connectivity index (χ1) is 12.7. The number of carbonyl (C=O) groups is 1. The molecule has 0 saturated carbocycles. The van der Waals surface area contributed by atoms with Crippen LogP contribution in [-0.2, 0) is 0 Å². The van der Waals surface area contributed by atoms with Crippen LogP contribution in [0.25, 0.3) is 0 Å². The van der Waals surface area contributed by atoms with Gasteiger partial charge in [0.05, 0.1) is 6.04 Å². The van der Waals surface area contributed by atoms with E-state index in [9.17, 15) is 4.79 Å². The molecule has 0 bridgehead atoms. The number of nitrogens with zero attached hydrogens (tertiary/aromatic N) is 3. The predicted octanol–water partition coefficient (Wildman–Crippen LogP) is 3.95. The zero-order chi connectivity index (χ0) is 18.4. The van der Waals surface area contributed by atoms with Crippen LogP contribution < -0.4 is 10.2 Å². The largest absolute Gasteiger partial charge is 0.375 e. The quantitative estimate of drug-likeness (QED) is 0.762. The number of halogens is 2. The number of aromatic nitrogens is 1. The van der Waals surface area contributed by atoms with E-state index >= 15 is 0 Å². The van der Waals surface area contributed by atoms with E-state index in [4.69, 9.17) is 0 Å². The summed E-state index contributed by atoms with van der Waals surface area (Å²) in [5.41, 5.74) is 2.97. The molecule has 1 aromatic carbocycles. The molecule has 2 aromatic rings. The Labute approximate surface area is 180 Å². The summed E-state index contributed by atoms with van der Waals surface area (Å²) in [5.74, 6) is 0.0862. The van der Waals surface area contributed by atoms with Gasteiger partial charge >= 0.3 is 0 Å². The molecule has 1 unspecified atom stereocenters. The van der Waals surface area contributed by atoms with E-state index in [2.05, 4.69) is 29.2 Å². The average Bonchev–Trinajstić information content (AvgIpc) is 2.72. The zero-order valence-electron chi connectivity index (χ0n) is 16.5. The molecule has 1 fully saturated rings. The van der Waals surface area contributed by atoms with Crippen LogP contribution in [0.15, 0.2) is 48.8 Å². The van der Waals surface area contributed by atoms with Crippen LogP contribution in [-0.4, -0.2) is 49.0 Å². The molecule has 0 spiro atoms. The van der Waals surface area contributed by atoms with Gasteiger partial charge in [-0.3, -0.25) is 9.78 Å². The number of pyridine rings is 1. The van der Waals surface area contributed by atoms with Crippen molar-refractivity contribution in [2.45, 2.75) is 25.8 Å². The first kappa shape index (κ1) is 24.2. The number of anilines is 1. The maximum atomic E-state index is 13.1. The standard InChI is InChI=1S/C21H28N4O.2ClH/c1-3-4-13-24(2)19-9-7-17(8-10-19)21(26)25-14-12-23-16-20(25)18-6-5-11-22-15-18;;/h5-11,15,20,23H,3-4,12-14,16H2,1-2H3;2*1H. The minimum atomic E-state index is 0. The molecule has 0 aliphatic carbocycles. The van der Waals surface area contributed by atoms with Crippen molar-refractivity contribution in [3.8, 4) is 0 Å². The van der Waals surface area contributed by atoms with Crippen molar-refractivity contribution in [2.75, 3.05) is 38.1 Å². The third-order valence-electron chi connectivity index (χ3n) is 4.98. The molecule has 7 heteroatoms. The number of unbranched alkanes of at least 4 members (excludes halogenated alkanes) is 1. The van der Waals surface area contributed by atoms with E-state index in [1.54, 1.807) is 6.20 Å². The maximum absolute atomic E-state index is 13.1. The number of carbonyl (C=O) groups excluding carboxylic acids is 1. The Hall–Kier alpha value is -1.82. The van der Waals surface area contributed by atoms with Gasteiger partial charge in [0.2, 0.25) is 0 Å². The summed E-state index contributed by atoms with van der Waals surface area (Å²) in [7, 11) is 2.10. The molecule has 1 N–H and O–H groups in total. The van der Waals surface area contributed by atoms with Gasteiger partial charge in [-0.2, -0.15) is 0 Å². The Kier molecular flexibility index (Phi) is 10.3. The normalized spacial score (nSPS) is 15.9. The third kappa shape index (κ3) is 5.84. The monoisotopic (exact) mass is 424 g/mol. The second kappa shape index (κ2) is 11.9. The van der Waals surface area contributed by atoms with Crippen molar-refractivity contribution < 1.29 is 4.79 Å². The van der Waals surface area contributed by atoms with Crippen molar-refractivity contribution in [3.63, 3.8) is 0 Å². The minimum Gasteiger partial charge on any atom is -0.375 e. The highest BCUT2D eigenvalue weighted by molar-refractivity contribution is 5.95. The highest BCUT2D eigenvalue weighted by Crippen LogP contribution is 2.24. The molecule has 28 heavy (non-hydrogen) atoms. The first-order valence-corrected chi connectivity index (χ1v) is 9.43. The summed E-state index contributed by atoms with van der Waals surface area (Å²) < 4.78 is 0. The van der Waals surface area contributed by atoms with E-state index in [0.717, 1.165) is 36.4 Å². The van der Waals surface area contributed by atoms with Crippen molar-refractivity contribution in [1.29, 1.82) is 0 Å². The summed E-state index contributed by atoms with van der Waals surface area (Å²) in [4.78, 5) is 21.5. The topological polar surface area (TPSA) is 48.5 Å². The highest BCUT2D eigenvalue weighted by atomic mass is 35.5. The van der Waals surface area contributed by atoms with E-state index in [1.807, 2.05) is 47.5 Å². The molecular weight excluding hydrogens is 395 g/mol. The van der Waals surface area contributed by atoms with Gasteiger partial charge < -0.3 is 15.1 Å². The molecule has 1 atom stereocenters. The van der Waals surface area contributed by atoms with Crippen LogP contribution in [0.5, 0.6) is 0 Å². The second-order valence-electron chi connectivity index (χ2n) is 6.83. The molecule has 1 amide bonds. The smallest absolute Gasteiger partial charge is 0.254 e. The van der Waals surface area contributed by atoms with Crippen LogP contribution in [0.1, 0.15) is 41.7 Å². The Morgan fingerprint density at radius 1 is 1.25 bits per heavy atom. The van der Waals surface area contributed by atoms with Gasteiger partial charge in [-0.05, 0) is 42.3 Å². The lowest BCUT2D eigenvalue weighted by atomic mass is 10.0. The molecule has 154 valence electrons. The average molecular weight is 425 g/mol. The Morgan fingerprint density at radius 2 is 2.00 bits per heavy atom. The lowest BCUT2D eigenvalue weighted by Crippen LogP contribution is -2.48. The fourth-order valence-corrected chi connectivity index (χ4v) is 3.37. The van der Waals surface area contributed by atoms with Crippen molar-refractivity contribution in [1.82, 2.24) is 15.2 Å². The Balaban J connectivity index is 0.00000196. The van der Waals surface area contributed by atoms with Crippen LogP contribution in [0.4, 0.5) is 5.69 Å². The fraction of sp³-hybridized carbons (Fsp3) is 0.429. The Bertz CT molecular complexity index is 712. The van der Waals surface area contributed by atoms with Crippen LogP contribution in [0.2, 0.25) is 0 Å². The van der Waals surface area contributed by atoms with Gasteiger partial charge in [-0.15, -0.1) is 24.8 Å². The van der Waals surface area contributed by atoms with Crippen LogP contribution >= 0.6 is 24.8 Å².